The Morgan fingerprint density at radius 2 is 1.71 bits per heavy atom. The SMILES string of the molecule is CSCCN(CC(=O)O)C(=O)CCCC(C)NC(=O)OCC1c2ccccc2-c2ccccc21. The van der Waals surface area contributed by atoms with Crippen LogP contribution in [0.1, 0.15) is 43.2 Å². The number of ether oxygens (including phenoxy) is 1. The quantitative estimate of drug-likeness (QED) is 0.465. The molecule has 0 bridgehead atoms. The molecule has 3 rings (SSSR count). The van der Waals surface area contributed by atoms with Crippen LogP contribution in [0.25, 0.3) is 11.1 Å². The maximum absolute atomic E-state index is 12.4. The van der Waals surface area contributed by atoms with E-state index in [1.165, 1.54) is 16.0 Å². The van der Waals surface area contributed by atoms with Crippen LogP contribution >= 0.6 is 11.8 Å². The summed E-state index contributed by atoms with van der Waals surface area (Å²) < 4.78 is 5.57. The third-order valence-corrected chi connectivity index (χ3v) is 6.57. The van der Waals surface area contributed by atoms with Gasteiger partial charge >= 0.3 is 12.1 Å². The molecule has 2 N–H and O–H groups in total. The van der Waals surface area contributed by atoms with Gasteiger partial charge in [0.25, 0.3) is 0 Å². The number of amides is 2. The van der Waals surface area contributed by atoms with Crippen molar-refractivity contribution in [3.8, 4) is 11.1 Å². The van der Waals surface area contributed by atoms with Gasteiger partial charge in [-0.15, -0.1) is 0 Å². The number of carbonyl (C=O) groups excluding carboxylic acids is 2. The van der Waals surface area contributed by atoms with Crippen molar-refractivity contribution in [2.24, 2.45) is 0 Å². The summed E-state index contributed by atoms with van der Waals surface area (Å²) in [5.41, 5.74) is 4.69. The third kappa shape index (κ3) is 6.76. The van der Waals surface area contributed by atoms with Crippen molar-refractivity contribution >= 4 is 29.7 Å². The predicted molar refractivity (Wildman–Crippen MR) is 134 cm³/mol. The second-order valence-corrected chi connectivity index (χ2v) is 9.45. The second kappa shape index (κ2) is 12.5. The molecular weight excluding hydrogens is 452 g/mol. The lowest BCUT2D eigenvalue weighted by molar-refractivity contribution is -0.144. The Hall–Kier alpha value is -3.00. The first kappa shape index (κ1) is 25.6. The minimum absolute atomic E-state index is 0.00702. The molecule has 1 unspecified atom stereocenters. The first-order chi connectivity index (χ1) is 16.4. The lowest BCUT2D eigenvalue weighted by Gasteiger charge is -2.21. The lowest BCUT2D eigenvalue weighted by Crippen LogP contribution is -2.37. The van der Waals surface area contributed by atoms with Crippen LogP contribution in [0.4, 0.5) is 4.79 Å². The molecule has 0 aliphatic heterocycles. The van der Waals surface area contributed by atoms with Gasteiger partial charge in [-0.2, -0.15) is 11.8 Å². The molecule has 7 nitrogen and oxygen atoms in total. The molecule has 0 radical (unpaired) electrons. The number of rotatable bonds is 12. The molecule has 182 valence electrons. The van der Waals surface area contributed by atoms with Gasteiger partial charge in [-0.05, 0) is 48.3 Å². The number of fused-ring (bicyclic) bond motifs is 3. The minimum atomic E-state index is -1.01. The van der Waals surface area contributed by atoms with Gasteiger partial charge in [0, 0.05) is 30.7 Å². The standard InChI is InChI=1S/C26H32N2O5S/c1-18(8-7-13-24(29)28(14-15-34-2)16-25(30)31)27-26(32)33-17-23-21-11-5-3-9-19(21)20-10-4-6-12-22(20)23/h3-6,9-12,18,23H,7-8,13-17H2,1-2H3,(H,27,32)(H,30,31). The smallest absolute Gasteiger partial charge is 0.407 e. The van der Waals surface area contributed by atoms with Crippen molar-refractivity contribution in [3.05, 3.63) is 59.7 Å². The summed E-state index contributed by atoms with van der Waals surface area (Å²) in [7, 11) is 0. The molecular formula is C26H32N2O5S. The Labute approximate surface area is 204 Å². The van der Waals surface area contributed by atoms with E-state index in [0.717, 1.165) is 11.1 Å². The average molecular weight is 485 g/mol. The Bertz CT molecular complexity index is 967. The molecule has 2 amide bonds. The first-order valence-electron chi connectivity index (χ1n) is 11.5. The Kier molecular flexibility index (Phi) is 9.39. The van der Waals surface area contributed by atoms with Crippen LogP contribution in [-0.2, 0) is 14.3 Å². The monoisotopic (exact) mass is 484 g/mol. The van der Waals surface area contributed by atoms with Crippen molar-refractivity contribution in [1.29, 1.82) is 0 Å². The van der Waals surface area contributed by atoms with Crippen LogP contribution < -0.4 is 5.32 Å². The van der Waals surface area contributed by atoms with Gasteiger partial charge in [0.1, 0.15) is 13.2 Å². The lowest BCUT2D eigenvalue weighted by atomic mass is 9.98. The molecule has 2 aromatic rings. The fraction of sp³-hybridized carbons (Fsp3) is 0.423. The van der Waals surface area contributed by atoms with E-state index in [0.29, 0.717) is 25.1 Å². The van der Waals surface area contributed by atoms with Gasteiger partial charge in [0.2, 0.25) is 5.91 Å². The van der Waals surface area contributed by atoms with E-state index < -0.39 is 12.1 Å². The van der Waals surface area contributed by atoms with E-state index in [2.05, 4.69) is 29.6 Å². The third-order valence-electron chi connectivity index (χ3n) is 5.98. The summed E-state index contributed by atoms with van der Waals surface area (Å²) in [6.07, 6.45) is 2.84. The fourth-order valence-electron chi connectivity index (χ4n) is 4.29. The summed E-state index contributed by atoms with van der Waals surface area (Å²) >= 11 is 1.57. The van der Waals surface area contributed by atoms with Crippen molar-refractivity contribution in [3.63, 3.8) is 0 Å². The Balaban J connectivity index is 1.44. The van der Waals surface area contributed by atoms with Gasteiger partial charge in [0.15, 0.2) is 0 Å². The van der Waals surface area contributed by atoms with E-state index in [4.69, 9.17) is 9.84 Å². The van der Waals surface area contributed by atoms with E-state index in [1.807, 2.05) is 37.4 Å². The average Bonchev–Trinajstić information content (AvgIpc) is 3.14. The van der Waals surface area contributed by atoms with Crippen molar-refractivity contribution in [2.75, 3.05) is 31.7 Å². The normalized spacial score (nSPS) is 13.0. The molecule has 0 heterocycles. The molecule has 1 aliphatic rings. The maximum Gasteiger partial charge on any atom is 0.407 e. The van der Waals surface area contributed by atoms with Gasteiger partial charge in [-0.1, -0.05) is 48.5 Å². The highest BCUT2D eigenvalue weighted by molar-refractivity contribution is 7.98. The molecule has 0 fully saturated rings. The zero-order valence-electron chi connectivity index (χ0n) is 19.7. The van der Waals surface area contributed by atoms with Crippen LogP contribution in [-0.4, -0.2) is 65.7 Å². The molecule has 2 aromatic carbocycles. The number of nitrogens with zero attached hydrogens (tertiary/aromatic N) is 1. The van der Waals surface area contributed by atoms with Gasteiger partial charge in [-0.25, -0.2) is 4.79 Å². The van der Waals surface area contributed by atoms with Crippen LogP contribution in [0.2, 0.25) is 0 Å². The number of hydrogen-bond acceptors (Lipinski definition) is 5. The zero-order valence-corrected chi connectivity index (χ0v) is 20.5. The number of benzene rings is 2. The summed E-state index contributed by atoms with van der Waals surface area (Å²) in [5, 5.41) is 11.9. The molecule has 0 saturated carbocycles. The molecule has 34 heavy (non-hydrogen) atoms. The summed E-state index contributed by atoms with van der Waals surface area (Å²) in [6, 6.07) is 16.2. The van der Waals surface area contributed by atoms with Crippen molar-refractivity contribution in [1.82, 2.24) is 10.2 Å². The fourth-order valence-corrected chi connectivity index (χ4v) is 4.69. The zero-order chi connectivity index (χ0) is 24.5. The van der Waals surface area contributed by atoms with Crippen molar-refractivity contribution < 1.29 is 24.2 Å². The minimum Gasteiger partial charge on any atom is -0.480 e. The van der Waals surface area contributed by atoms with E-state index in [1.54, 1.807) is 11.8 Å². The number of carbonyl (C=O) groups is 3. The van der Waals surface area contributed by atoms with Crippen LogP contribution in [0.5, 0.6) is 0 Å². The van der Waals surface area contributed by atoms with E-state index >= 15 is 0 Å². The number of alkyl carbamates (subject to hydrolysis) is 1. The highest BCUT2D eigenvalue weighted by Gasteiger charge is 2.29. The molecule has 1 aliphatic carbocycles. The van der Waals surface area contributed by atoms with E-state index in [9.17, 15) is 14.4 Å². The topological polar surface area (TPSA) is 95.9 Å². The van der Waals surface area contributed by atoms with E-state index in [-0.39, 0.29) is 37.4 Å². The van der Waals surface area contributed by atoms with Crippen LogP contribution in [0, 0.1) is 0 Å². The maximum atomic E-state index is 12.4. The number of carboxylic acids is 1. The van der Waals surface area contributed by atoms with Crippen LogP contribution in [0.3, 0.4) is 0 Å². The molecule has 0 spiro atoms. The highest BCUT2D eigenvalue weighted by Crippen LogP contribution is 2.44. The van der Waals surface area contributed by atoms with Crippen LogP contribution in [0.15, 0.2) is 48.5 Å². The summed E-state index contributed by atoms with van der Waals surface area (Å²) in [5.74, 6) is -0.490. The summed E-state index contributed by atoms with van der Waals surface area (Å²) in [6.45, 7) is 2.26. The number of carboxylic acid groups (broad SMARTS) is 1. The largest absolute Gasteiger partial charge is 0.480 e. The molecule has 1 atom stereocenters. The van der Waals surface area contributed by atoms with Gasteiger partial charge < -0.3 is 20.1 Å². The highest BCUT2D eigenvalue weighted by atomic mass is 32.2. The Morgan fingerprint density at radius 1 is 1.09 bits per heavy atom. The number of aliphatic carboxylic acids is 1. The molecule has 0 aromatic heterocycles. The number of hydrogen-bond donors (Lipinski definition) is 2. The summed E-state index contributed by atoms with van der Waals surface area (Å²) in [4.78, 5) is 37.2. The van der Waals surface area contributed by atoms with Gasteiger partial charge in [-0.3, -0.25) is 9.59 Å². The van der Waals surface area contributed by atoms with Crippen molar-refractivity contribution in [2.45, 2.75) is 38.1 Å². The second-order valence-electron chi connectivity index (χ2n) is 8.46. The molecule has 8 heteroatoms. The number of thioether (sulfide) groups is 1. The van der Waals surface area contributed by atoms with Gasteiger partial charge in [0.05, 0.1) is 0 Å². The first-order valence-corrected chi connectivity index (χ1v) is 12.9. The predicted octanol–water partition coefficient (Wildman–Crippen LogP) is 4.36. The Morgan fingerprint density at radius 3 is 2.29 bits per heavy atom. The molecule has 0 saturated heterocycles. The number of nitrogens with one attached hydrogen (secondary N) is 1.